The van der Waals surface area contributed by atoms with Crippen LogP contribution in [-0.2, 0) is 20.1 Å². The van der Waals surface area contributed by atoms with Crippen molar-refractivity contribution in [2.75, 3.05) is 0 Å². The van der Waals surface area contributed by atoms with Crippen LogP contribution in [0.15, 0.2) is 62.9 Å². The minimum atomic E-state index is -0.352. The van der Waals surface area contributed by atoms with Crippen molar-refractivity contribution in [2.45, 2.75) is 26.9 Å². The number of pyridine rings is 1. The molecule has 0 atom stereocenters. The monoisotopic (exact) mass is 467 g/mol. The Bertz CT molecular complexity index is 1340. The molecule has 0 aliphatic heterocycles. The highest BCUT2D eigenvalue weighted by molar-refractivity contribution is 9.10. The molecule has 1 aromatic carbocycles. The zero-order valence-electron chi connectivity index (χ0n) is 17.0. The van der Waals surface area contributed by atoms with Gasteiger partial charge in [-0.15, -0.1) is 0 Å². The summed E-state index contributed by atoms with van der Waals surface area (Å²) in [4.78, 5) is 30.1. The van der Waals surface area contributed by atoms with Crippen LogP contribution in [0.5, 0.6) is 0 Å². The van der Waals surface area contributed by atoms with Crippen LogP contribution in [0.4, 0.5) is 0 Å². The number of benzene rings is 1. The smallest absolute Gasteiger partial charge is 0.276 e. The molecular formula is C22H22BrN5O2. The third-order valence-corrected chi connectivity index (χ3v) is 5.44. The van der Waals surface area contributed by atoms with Crippen molar-refractivity contribution in [1.29, 1.82) is 0 Å². The zero-order valence-corrected chi connectivity index (χ0v) is 18.6. The molecule has 0 spiro atoms. The summed E-state index contributed by atoms with van der Waals surface area (Å²) < 4.78 is 5.54. The number of hydrogen-bond acceptors (Lipinski definition) is 4. The molecule has 0 N–H and O–H groups in total. The maximum absolute atomic E-state index is 13.2. The highest BCUT2D eigenvalue weighted by Gasteiger charge is 2.22. The van der Waals surface area contributed by atoms with Gasteiger partial charge >= 0.3 is 5.69 Å². The van der Waals surface area contributed by atoms with Gasteiger partial charge in [0.05, 0.1) is 12.2 Å². The first kappa shape index (κ1) is 20.3. The lowest BCUT2D eigenvalue weighted by molar-refractivity contribution is 0.498. The van der Waals surface area contributed by atoms with Crippen molar-refractivity contribution in [3.05, 3.63) is 79.7 Å². The summed E-state index contributed by atoms with van der Waals surface area (Å²) in [6, 6.07) is 11.6. The lowest BCUT2D eigenvalue weighted by atomic mass is 10.1. The molecule has 0 saturated carbocycles. The van der Waals surface area contributed by atoms with Gasteiger partial charge in [-0.2, -0.15) is 5.10 Å². The number of hydrogen-bond donors (Lipinski definition) is 0. The van der Waals surface area contributed by atoms with E-state index >= 15 is 0 Å². The fraction of sp³-hybridized carbons (Fsp3) is 0.273. The molecule has 154 valence electrons. The molecule has 0 aliphatic rings. The van der Waals surface area contributed by atoms with Crippen molar-refractivity contribution in [3.63, 3.8) is 0 Å². The topological polar surface area (TPSA) is 74.7 Å². The predicted octanol–water partition coefficient (Wildman–Crippen LogP) is 3.43. The van der Waals surface area contributed by atoms with Crippen LogP contribution in [-0.4, -0.2) is 23.9 Å². The van der Waals surface area contributed by atoms with Crippen molar-refractivity contribution in [1.82, 2.24) is 23.9 Å². The van der Waals surface area contributed by atoms with Gasteiger partial charge in [0.2, 0.25) is 0 Å². The highest BCUT2D eigenvalue weighted by Crippen LogP contribution is 2.27. The van der Waals surface area contributed by atoms with Gasteiger partial charge in [0.15, 0.2) is 5.65 Å². The summed E-state index contributed by atoms with van der Waals surface area (Å²) in [5.41, 5.74) is 2.26. The average molecular weight is 468 g/mol. The first-order valence-electron chi connectivity index (χ1n) is 9.72. The van der Waals surface area contributed by atoms with E-state index in [4.69, 9.17) is 5.10 Å². The van der Waals surface area contributed by atoms with Crippen LogP contribution in [0.2, 0.25) is 0 Å². The number of aromatic nitrogens is 5. The van der Waals surface area contributed by atoms with Gasteiger partial charge in [0.1, 0.15) is 5.39 Å². The maximum atomic E-state index is 13.2. The molecule has 0 saturated heterocycles. The lowest BCUT2D eigenvalue weighted by Crippen LogP contribution is -2.38. The van der Waals surface area contributed by atoms with E-state index in [-0.39, 0.29) is 17.2 Å². The molecule has 7 nitrogen and oxygen atoms in total. The largest absolute Gasteiger partial charge is 0.332 e. The normalized spacial score (nSPS) is 11.5. The van der Waals surface area contributed by atoms with Gasteiger partial charge in [0.25, 0.3) is 5.56 Å². The Morgan fingerprint density at radius 3 is 2.50 bits per heavy atom. The van der Waals surface area contributed by atoms with Gasteiger partial charge in [0, 0.05) is 36.0 Å². The third-order valence-electron chi connectivity index (χ3n) is 4.95. The summed E-state index contributed by atoms with van der Waals surface area (Å²) in [6.07, 6.45) is 3.37. The maximum Gasteiger partial charge on any atom is 0.332 e. The van der Waals surface area contributed by atoms with E-state index < -0.39 is 0 Å². The van der Waals surface area contributed by atoms with Crippen molar-refractivity contribution < 1.29 is 0 Å². The molecule has 3 heterocycles. The summed E-state index contributed by atoms with van der Waals surface area (Å²) in [5.74, 6) is 0.225. The fourth-order valence-corrected chi connectivity index (χ4v) is 4.06. The van der Waals surface area contributed by atoms with E-state index in [0.29, 0.717) is 29.8 Å². The number of rotatable bonds is 5. The Balaban J connectivity index is 2.07. The molecule has 0 bridgehead atoms. The molecule has 0 unspecified atom stereocenters. The number of fused-ring (bicyclic) bond motifs is 1. The fourth-order valence-electron chi connectivity index (χ4n) is 3.62. The van der Waals surface area contributed by atoms with E-state index in [1.807, 2.05) is 50.2 Å². The van der Waals surface area contributed by atoms with Crippen LogP contribution >= 0.6 is 15.9 Å². The van der Waals surface area contributed by atoms with Gasteiger partial charge in [-0.3, -0.25) is 23.6 Å². The van der Waals surface area contributed by atoms with Crippen molar-refractivity contribution >= 4 is 27.0 Å². The van der Waals surface area contributed by atoms with E-state index in [9.17, 15) is 9.59 Å². The average Bonchev–Trinajstić information content (AvgIpc) is 3.09. The second-order valence-corrected chi connectivity index (χ2v) is 8.64. The Labute approximate surface area is 181 Å². The molecule has 0 radical (unpaired) electrons. The van der Waals surface area contributed by atoms with Gasteiger partial charge in [-0.25, -0.2) is 4.79 Å². The summed E-state index contributed by atoms with van der Waals surface area (Å²) >= 11 is 3.51. The van der Waals surface area contributed by atoms with E-state index in [2.05, 4.69) is 20.9 Å². The van der Waals surface area contributed by atoms with Gasteiger partial charge in [-0.1, -0.05) is 41.9 Å². The van der Waals surface area contributed by atoms with Crippen LogP contribution in [0.1, 0.15) is 19.4 Å². The minimum Gasteiger partial charge on any atom is -0.276 e. The minimum absolute atomic E-state index is 0.225. The highest BCUT2D eigenvalue weighted by atomic mass is 79.9. The Morgan fingerprint density at radius 2 is 1.83 bits per heavy atom. The van der Waals surface area contributed by atoms with Crippen molar-refractivity contribution in [2.24, 2.45) is 13.0 Å². The Kier molecular flexibility index (Phi) is 5.42. The first-order valence-corrected chi connectivity index (χ1v) is 10.5. The van der Waals surface area contributed by atoms with Crippen LogP contribution < -0.4 is 11.2 Å². The van der Waals surface area contributed by atoms with E-state index in [1.165, 1.54) is 11.6 Å². The molecular weight excluding hydrogens is 446 g/mol. The quantitative estimate of drug-likeness (QED) is 0.450. The summed E-state index contributed by atoms with van der Waals surface area (Å²) in [7, 11) is 1.52. The molecule has 4 aromatic rings. The van der Waals surface area contributed by atoms with Crippen LogP contribution in [0, 0.1) is 5.92 Å². The summed E-state index contributed by atoms with van der Waals surface area (Å²) in [5, 5.41) is 5.20. The Hall–Kier alpha value is -3.00. The van der Waals surface area contributed by atoms with Crippen molar-refractivity contribution in [3.8, 4) is 11.3 Å². The van der Waals surface area contributed by atoms with Gasteiger partial charge < -0.3 is 0 Å². The molecule has 0 amide bonds. The molecule has 8 heteroatoms. The van der Waals surface area contributed by atoms with E-state index in [0.717, 1.165) is 15.6 Å². The standard InChI is InChI=1S/C22H22BrN5O2/c1-14(2)12-27-20-18(21(29)26(3)22(27)30)19(16-7-9-24-10-8-16)28(25-20)13-15-5-4-6-17(23)11-15/h4-11,14H,12-13H2,1-3H3. The van der Waals surface area contributed by atoms with E-state index in [1.54, 1.807) is 21.6 Å². The SMILES string of the molecule is CC(C)Cn1c(=O)n(C)c(=O)c2c(-c3ccncc3)n(Cc3cccc(Br)c3)nc21. The third kappa shape index (κ3) is 3.63. The molecule has 30 heavy (non-hydrogen) atoms. The van der Waals surface area contributed by atoms with Crippen LogP contribution in [0.3, 0.4) is 0 Å². The lowest BCUT2D eigenvalue weighted by Gasteiger charge is -2.11. The second-order valence-electron chi connectivity index (χ2n) is 7.72. The summed E-state index contributed by atoms with van der Waals surface area (Å²) in [6.45, 7) is 5.01. The molecule has 0 fully saturated rings. The predicted molar refractivity (Wildman–Crippen MR) is 121 cm³/mol. The zero-order chi connectivity index (χ0) is 21.4. The first-order chi connectivity index (χ1) is 14.4. The Morgan fingerprint density at radius 1 is 1.10 bits per heavy atom. The van der Waals surface area contributed by atoms with Crippen LogP contribution in [0.25, 0.3) is 22.3 Å². The molecule has 4 rings (SSSR count). The second kappa shape index (κ2) is 8.02. The molecule has 3 aromatic heterocycles. The number of halogens is 1. The number of nitrogens with zero attached hydrogens (tertiary/aromatic N) is 5. The molecule has 0 aliphatic carbocycles. The van der Waals surface area contributed by atoms with Gasteiger partial charge in [-0.05, 0) is 35.7 Å².